The van der Waals surface area contributed by atoms with Crippen molar-refractivity contribution in [1.29, 1.82) is 0 Å². The van der Waals surface area contributed by atoms with Gasteiger partial charge in [0.25, 0.3) is 0 Å². The van der Waals surface area contributed by atoms with Gasteiger partial charge in [0, 0.05) is 25.7 Å². The van der Waals surface area contributed by atoms with E-state index in [1.807, 2.05) is 19.2 Å². The van der Waals surface area contributed by atoms with Crippen LogP contribution in [-0.4, -0.2) is 36.0 Å². The first-order valence-corrected chi connectivity index (χ1v) is 9.29. The molecule has 0 spiro atoms. The predicted molar refractivity (Wildman–Crippen MR) is 96.1 cm³/mol. The number of likely N-dealkylation sites (N-methyl/N-ethyl adjacent to an activating group) is 1. The second-order valence-electron chi connectivity index (χ2n) is 7.56. The summed E-state index contributed by atoms with van der Waals surface area (Å²) < 4.78 is 13.0. The summed E-state index contributed by atoms with van der Waals surface area (Å²) in [6.07, 6.45) is 7.01. The molecule has 1 amide bonds. The molecule has 2 aliphatic rings. The first kappa shape index (κ1) is 18.3. The van der Waals surface area contributed by atoms with Crippen LogP contribution in [0, 0.1) is 5.82 Å². The summed E-state index contributed by atoms with van der Waals surface area (Å²) in [6, 6.07) is 7.38. The molecule has 0 radical (unpaired) electrons. The number of benzene rings is 1. The van der Waals surface area contributed by atoms with Gasteiger partial charge in [-0.15, -0.1) is 0 Å². The Hall–Kier alpha value is -1.50. The van der Waals surface area contributed by atoms with Crippen LogP contribution in [-0.2, 0) is 4.79 Å². The van der Waals surface area contributed by atoms with Crippen LogP contribution in [0.15, 0.2) is 24.3 Å². The Balaban J connectivity index is 1.29. The van der Waals surface area contributed by atoms with Crippen molar-refractivity contribution in [3.63, 3.8) is 0 Å². The first-order chi connectivity index (χ1) is 12.0. The van der Waals surface area contributed by atoms with Crippen LogP contribution in [0.5, 0.6) is 0 Å². The molecule has 5 nitrogen and oxygen atoms in total. The lowest BCUT2D eigenvalue weighted by atomic mass is 9.99. The summed E-state index contributed by atoms with van der Waals surface area (Å²) in [5.41, 5.74) is 13.2. The lowest BCUT2D eigenvalue weighted by Gasteiger charge is -2.20. The summed E-state index contributed by atoms with van der Waals surface area (Å²) in [5.74, 6) is -0.103. The molecule has 2 unspecified atom stereocenters. The number of amides is 1. The SMILES string of the molecule is CN(CCCCCC1CC(c2ccc(F)cc2)NN1)C(=O)C1(N)CC1. The van der Waals surface area contributed by atoms with Crippen molar-refractivity contribution in [1.82, 2.24) is 15.8 Å². The summed E-state index contributed by atoms with van der Waals surface area (Å²) in [6.45, 7) is 0.784. The number of nitrogens with zero attached hydrogens (tertiary/aromatic N) is 1. The van der Waals surface area contributed by atoms with Crippen molar-refractivity contribution in [2.24, 2.45) is 5.73 Å². The van der Waals surface area contributed by atoms with Gasteiger partial charge in [0.05, 0.1) is 5.54 Å². The van der Waals surface area contributed by atoms with Crippen molar-refractivity contribution < 1.29 is 9.18 Å². The van der Waals surface area contributed by atoms with Gasteiger partial charge in [-0.3, -0.25) is 15.6 Å². The predicted octanol–water partition coefficient (Wildman–Crippen LogP) is 2.24. The molecular weight excluding hydrogens is 319 g/mol. The number of carbonyl (C=O) groups is 1. The van der Waals surface area contributed by atoms with Crippen LogP contribution in [0.3, 0.4) is 0 Å². The standard InChI is InChI=1S/C19H29FN4O/c1-24(18(25)19(21)10-11-19)12-4-2-3-5-16-13-17(23-22-16)14-6-8-15(20)9-7-14/h6-9,16-17,22-23H,2-5,10-13,21H2,1H3. The van der Waals surface area contributed by atoms with Crippen LogP contribution in [0.1, 0.15) is 56.6 Å². The minimum atomic E-state index is -0.552. The van der Waals surface area contributed by atoms with Crippen LogP contribution < -0.4 is 16.6 Å². The Morgan fingerprint density at radius 2 is 1.96 bits per heavy atom. The molecular formula is C19H29FN4O. The summed E-state index contributed by atoms with van der Waals surface area (Å²) in [4.78, 5) is 13.8. The van der Waals surface area contributed by atoms with Crippen molar-refractivity contribution >= 4 is 5.91 Å². The third-order valence-electron chi connectivity index (χ3n) is 5.36. The molecule has 138 valence electrons. The quantitative estimate of drug-likeness (QED) is 0.630. The van der Waals surface area contributed by atoms with Gasteiger partial charge in [0.2, 0.25) is 5.91 Å². The number of hydrogen-bond donors (Lipinski definition) is 3. The van der Waals surface area contributed by atoms with Gasteiger partial charge in [-0.25, -0.2) is 4.39 Å². The van der Waals surface area contributed by atoms with Gasteiger partial charge in [0.15, 0.2) is 0 Å². The fraction of sp³-hybridized carbons (Fsp3) is 0.632. The first-order valence-electron chi connectivity index (χ1n) is 9.29. The van der Waals surface area contributed by atoms with Gasteiger partial charge in [-0.1, -0.05) is 25.0 Å². The average Bonchev–Trinajstić information content (AvgIpc) is 3.18. The molecule has 1 aromatic rings. The molecule has 0 bridgehead atoms. The fourth-order valence-electron chi connectivity index (χ4n) is 3.47. The Morgan fingerprint density at radius 3 is 2.64 bits per heavy atom. The topological polar surface area (TPSA) is 70.4 Å². The largest absolute Gasteiger partial charge is 0.344 e. The van der Waals surface area contributed by atoms with Crippen LogP contribution in [0.25, 0.3) is 0 Å². The van der Waals surface area contributed by atoms with Crippen molar-refractivity contribution in [3.8, 4) is 0 Å². The number of nitrogens with two attached hydrogens (primary N) is 1. The molecule has 1 saturated carbocycles. The Kier molecular flexibility index (Phi) is 5.71. The maximum absolute atomic E-state index is 13.0. The van der Waals surface area contributed by atoms with Crippen LogP contribution in [0.2, 0.25) is 0 Å². The zero-order valence-corrected chi connectivity index (χ0v) is 14.9. The number of hydrogen-bond acceptors (Lipinski definition) is 4. The van der Waals surface area contributed by atoms with E-state index in [-0.39, 0.29) is 17.8 Å². The lowest BCUT2D eigenvalue weighted by Crippen LogP contribution is -2.44. The highest BCUT2D eigenvalue weighted by atomic mass is 19.1. The average molecular weight is 348 g/mol. The lowest BCUT2D eigenvalue weighted by molar-refractivity contribution is -0.132. The molecule has 1 aromatic carbocycles. The van der Waals surface area contributed by atoms with Crippen molar-refractivity contribution in [3.05, 3.63) is 35.6 Å². The summed E-state index contributed by atoms with van der Waals surface area (Å²) in [5, 5.41) is 0. The maximum atomic E-state index is 13.0. The van der Waals surface area contributed by atoms with E-state index in [0.717, 1.165) is 57.1 Å². The molecule has 1 aliphatic heterocycles. The van der Waals surface area contributed by atoms with E-state index in [0.29, 0.717) is 6.04 Å². The number of unbranched alkanes of at least 4 members (excludes halogenated alkanes) is 2. The zero-order chi connectivity index (χ0) is 17.9. The zero-order valence-electron chi connectivity index (χ0n) is 14.9. The van der Waals surface area contributed by atoms with E-state index >= 15 is 0 Å². The van der Waals surface area contributed by atoms with Gasteiger partial charge >= 0.3 is 0 Å². The van der Waals surface area contributed by atoms with E-state index in [1.54, 1.807) is 4.90 Å². The van der Waals surface area contributed by atoms with E-state index in [2.05, 4.69) is 10.9 Å². The normalized spacial score (nSPS) is 24.3. The number of hydrazine groups is 1. The van der Waals surface area contributed by atoms with Gasteiger partial charge in [-0.05, 0) is 49.8 Å². The smallest absolute Gasteiger partial charge is 0.242 e. The summed E-state index contributed by atoms with van der Waals surface area (Å²) >= 11 is 0. The Morgan fingerprint density at radius 1 is 1.24 bits per heavy atom. The molecule has 2 fully saturated rings. The minimum absolute atomic E-state index is 0.0938. The molecule has 1 heterocycles. The molecule has 4 N–H and O–H groups in total. The van der Waals surface area contributed by atoms with E-state index < -0.39 is 5.54 Å². The number of rotatable bonds is 8. The van der Waals surface area contributed by atoms with E-state index in [4.69, 9.17) is 5.73 Å². The second-order valence-corrected chi connectivity index (χ2v) is 7.56. The Labute approximate surface area is 149 Å². The third-order valence-corrected chi connectivity index (χ3v) is 5.36. The van der Waals surface area contributed by atoms with Gasteiger partial charge < -0.3 is 10.6 Å². The van der Waals surface area contributed by atoms with Crippen LogP contribution >= 0.6 is 0 Å². The molecule has 2 atom stereocenters. The third kappa shape index (κ3) is 4.77. The monoisotopic (exact) mass is 348 g/mol. The minimum Gasteiger partial charge on any atom is -0.344 e. The Bertz CT molecular complexity index is 588. The number of carbonyl (C=O) groups excluding carboxylic acids is 1. The molecule has 1 saturated heterocycles. The molecule has 6 heteroatoms. The fourth-order valence-corrected chi connectivity index (χ4v) is 3.47. The highest BCUT2D eigenvalue weighted by Gasteiger charge is 2.47. The van der Waals surface area contributed by atoms with Crippen molar-refractivity contribution in [2.75, 3.05) is 13.6 Å². The highest BCUT2D eigenvalue weighted by Crippen LogP contribution is 2.33. The van der Waals surface area contributed by atoms with Gasteiger partial charge in [0.1, 0.15) is 5.82 Å². The second kappa shape index (κ2) is 7.81. The highest BCUT2D eigenvalue weighted by molar-refractivity contribution is 5.88. The molecule has 1 aliphatic carbocycles. The number of nitrogens with one attached hydrogen (secondary N) is 2. The maximum Gasteiger partial charge on any atom is 0.242 e. The van der Waals surface area contributed by atoms with Crippen molar-refractivity contribution in [2.45, 2.75) is 62.6 Å². The summed E-state index contributed by atoms with van der Waals surface area (Å²) in [7, 11) is 1.85. The van der Waals surface area contributed by atoms with Crippen LogP contribution in [0.4, 0.5) is 4.39 Å². The van der Waals surface area contributed by atoms with Gasteiger partial charge in [-0.2, -0.15) is 0 Å². The number of halogens is 1. The van der Waals surface area contributed by atoms with E-state index in [1.165, 1.54) is 12.1 Å². The van der Waals surface area contributed by atoms with E-state index in [9.17, 15) is 9.18 Å². The molecule has 0 aromatic heterocycles. The molecule has 25 heavy (non-hydrogen) atoms. The molecule has 3 rings (SSSR count).